The molecule has 0 aliphatic rings. The Balaban J connectivity index is 0.000000165. The number of aryl methyl sites for hydroxylation is 1. The topological polar surface area (TPSA) is 0 Å². The van der Waals surface area contributed by atoms with Gasteiger partial charge in [-0.1, -0.05) is 91.3 Å². The van der Waals surface area contributed by atoms with Crippen molar-refractivity contribution >= 4 is 37.6 Å². The summed E-state index contributed by atoms with van der Waals surface area (Å²) in [5.74, 6) is 0. The summed E-state index contributed by atoms with van der Waals surface area (Å²) in [6.45, 7) is 2.12. The number of rotatable bonds is 3. The maximum absolute atomic E-state index is 4.53. The van der Waals surface area contributed by atoms with Crippen molar-refractivity contribution in [2.24, 2.45) is 0 Å². The zero-order valence-corrected chi connectivity index (χ0v) is 26.4. The monoisotopic (exact) mass is 578 g/mol. The molecule has 0 bridgehead atoms. The Kier molecular flexibility index (Phi) is 13.0. The third-order valence-corrected chi connectivity index (χ3v) is 6.46. The fraction of sp³-hybridized carbons (Fsp3) is 0.0256. The van der Waals surface area contributed by atoms with E-state index in [4.69, 9.17) is 0 Å². The molecule has 0 N–H and O–H groups in total. The predicted molar refractivity (Wildman–Crippen MR) is 179 cm³/mol. The van der Waals surface area contributed by atoms with Gasteiger partial charge in [0.25, 0.3) is 0 Å². The summed E-state index contributed by atoms with van der Waals surface area (Å²) in [5.41, 5.74) is 6.44. The molecule has 0 aliphatic heterocycles. The molecule has 0 spiro atoms. The van der Waals surface area contributed by atoms with E-state index in [1.165, 1.54) is 59.2 Å². The number of fused-ring (bicyclic) bond motifs is 2. The SMILES string of the molecule is Cc1cc2ccccc2[cH-]1.[CH-]=[SiH2].[Ti+4].c1ccc(-c2cccc3[cH-]ccc23)cc1.c1ccc([CH-]c2ccccc2)cc1. The van der Waals surface area contributed by atoms with E-state index in [1.54, 1.807) is 0 Å². The van der Waals surface area contributed by atoms with E-state index in [0.29, 0.717) is 0 Å². The molecule has 7 aromatic carbocycles. The fourth-order valence-corrected chi connectivity index (χ4v) is 4.63. The van der Waals surface area contributed by atoms with Crippen LogP contribution in [0, 0.1) is 13.3 Å². The Morgan fingerprint density at radius 1 is 0.585 bits per heavy atom. The molecule has 0 amide bonds. The van der Waals surface area contributed by atoms with Crippen LogP contribution in [0.3, 0.4) is 0 Å². The summed E-state index contributed by atoms with van der Waals surface area (Å²) in [4.78, 5) is 0. The minimum Gasteiger partial charge on any atom is -0.533 e. The second kappa shape index (κ2) is 16.9. The molecule has 0 fully saturated rings. The first-order valence-electron chi connectivity index (χ1n) is 13.4. The summed E-state index contributed by atoms with van der Waals surface area (Å²) < 4.78 is 0. The third-order valence-electron chi connectivity index (χ3n) is 6.46. The molecule has 0 aliphatic carbocycles. The first kappa shape index (κ1) is 31.5. The van der Waals surface area contributed by atoms with Gasteiger partial charge in [-0.15, -0.1) is 111 Å². The predicted octanol–water partition coefficient (Wildman–Crippen LogP) is 9.31. The van der Waals surface area contributed by atoms with Crippen molar-refractivity contribution in [3.8, 4) is 11.1 Å². The maximum Gasteiger partial charge on any atom is 4.00 e. The Labute approximate surface area is 263 Å². The molecule has 0 saturated heterocycles. The molecular formula is C39H34SiTi. The summed E-state index contributed by atoms with van der Waals surface area (Å²) >= 11 is 0. The van der Waals surface area contributed by atoms with Crippen molar-refractivity contribution in [3.63, 3.8) is 0 Å². The van der Waals surface area contributed by atoms with Gasteiger partial charge in [0.1, 0.15) is 0 Å². The van der Waals surface area contributed by atoms with E-state index in [-0.39, 0.29) is 21.7 Å². The van der Waals surface area contributed by atoms with E-state index in [0.717, 1.165) is 0 Å². The Hall–Kier alpha value is -4.01. The molecule has 0 unspecified atom stereocenters. The molecular weight excluding hydrogens is 544 g/mol. The first-order valence-corrected chi connectivity index (χ1v) is 14.3. The number of benzene rings is 5. The molecule has 7 aromatic rings. The van der Waals surface area contributed by atoms with Gasteiger partial charge in [-0.3, -0.25) is 0 Å². The van der Waals surface area contributed by atoms with Crippen molar-refractivity contribution in [1.29, 1.82) is 0 Å². The maximum atomic E-state index is 4.53. The van der Waals surface area contributed by atoms with Crippen LogP contribution >= 0.6 is 0 Å². The zero-order chi connectivity index (χ0) is 28.0. The second-order valence-corrected chi connectivity index (χ2v) is 9.33. The van der Waals surface area contributed by atoms with Crippen LogP contribution in [-0.2, 0) is 21.7 Å². The summed E-state index contributed by atoms with van der Waals surface area (Å²) in [6.07, 6.45) is 6.69. The molecule has 7 rings (SSSR count). The number of hydrogen-bond acceptors (Lipinski definition) is 0. The molecule has 2 heteroatoms. The summed E-state index contributed by atoms with van der Waals surface area (Å²) in [5, 5.41) is 5.35. The average molecular weight is 579 g/mol. The molecule has 0 atom stereocenters. The van der Waals surface area contributed by atoms with Gasteiger partial charge < -0.3 is 6.17 Å². The van der Waals surface area contributed by atoms with Crippen LogP contribution in [0.5, 0.6) is 0 Å². The van der Waals surface area contributed by atoms with Gasteiger partial charge in [-0.05, 0) is 5.56 Å². The second-order valence-electron chi connectivity index (χ2n) is 9.33. The van der Waals surface area contributed by atoms with E-state index in [1.807, 2.05) is 12.1 Å². The average Bonchev–Trinajstić information content (AvgIpc) is 3.66. The van der Waals surface area contributed by atoms with Crippen LogP contribution < -0.4 is 0 Å². The van der Waals surface area contributed by atoms with Gasteiger partial charge in [0.2, 0.25) is 0 Å². The van der Waals surface area contributed by atoms with Gasteiger partial charge in [0.05, 0.1) is 0 Å². The van der Waals surface area contributed by atoms with E-state index in [9.17, 15) is 0 Å². The molecule has 198 valence electrons. The Morgan fingerprint density at radius 3 is 1.73 bits per heavy atom. The Morgan fingerprint density at radius 2 is 1.12 bits per heavy atom. The van der Waals surface area contributed by atoms with Crippen LogP contribution in [-0.4, -0.2) is 16.0 Å². The normalized spacial score (nSPS) is 9.59. The van der Waals surface area contributed by atoms with E-state index >= 15 is 0 Å². The molecule has 41 heavy (non-hydrogen) atoms. The minimum absolute atomic E-state index is 0. The molecule has 0 saturated carbocycles. The van der Waals surface area contributed by atoms with Crippen molar-refractivity contribution in [2.75, 3.05) is 0 Å². The van der Waals surface area contributed by atoms with Crippen LogP contribution in [0.25, 0.3) is 32.7 Å². The first-order chi connectivity index (χ1) is 19.8. The van der Waals surface area contributed by atoms with Crippen molar-refractivity contribution in [2.45, 2.75) is 6.92 Å². The molecule has 0 radical (unpaired) electrons. The quantitative estimate of drug-likeness (QED) is 0.145. The van der Waals surface area contributed by atoms with Crippen molar-refractivity contribution < 1.29 is 21.7 Å². The van der Waals surface area contributed by atoms with Gasteiger partial charge in [-0.2, -0.15) is 18.2 Å². The standard InChI is InChI=1S/C15H11.C13H11.C10H9.CH3Si.Ti/c1-2-6-12(7-3-1)14-10-4-8-13-9-5-11-15(13)14;1-3-7-12(8-4-1)11-13-9-5-2-6-10-13;1-8-6-9-4-2-3-5-10(9)7-8;1-2;/h1-11H;1-11H;2-7H,1H3;1H,2H2;/q4*-1;+4. The van der Waals surface area contributed by atoms with Gasteiger partial charge >= 0.3 is 21.7 Å². The third kappa shape index (κ3) is 9.27. The van der Waals surface area contributed by atoms with Crippen molar-refractivity contribution in [3.05, 3.63) is 187 Å². The summed E-state index contributed by atoms with van der Waals surface area (Å²) in [6, 6.07) is 56.9. The van der Waals surface area contributed by atoms with Crippen LogP contribution in [0.2, 0.25) is 0 Å². The zero-order valence-electron chi connectivity index (χ0n) is 23.5. The minimum atomic E-state index is 0. The van der Waals surface area contributed by atoms with Gasteiger partial charge in [-0.25, -0.2) is 9.85 Å². The van der Waals surface area contributed by atoms with Crippen molar-refractivity contribution in [1.82, 2.24) is 0 Å². The van der Waals surface area contributed by atoms with Gasteiger partial charge in [0, 0.05) is 0 Å². The van der Waals surface area contributed by atoms with Crippen LogP contribution in [0.4, 0.5) is 0 Å². The number of hydrogen-bond donors (Lipinski definition) is 0. The molecule has 0 nitrogen and oxygen atoms in total. The fourth-order valence-electron chi connectivity index (χ4n) is 4.63. The van der Waals surface area contributed by atoms with Gasteiger partial charge in [0.15, 0.2) is 0 Å². The van der Waals surface area contributed by atoms with E-state index < -0.39 is 0 Å². The Bertz CT molecular complexity index is 1630. The van der Waals surface area contributed by atoms with Crippen LogP contribution in [0.1, 0.15) is 16.7 Å². The van der Waals surface area contributed by atoms with Crippen LogP contribution in [0.15, 0.2) is 164 Å². The van der Waals surface area contributed by atoms with E-state index in [2.05, 4.69) is 171 Å². The smallest absolute Gasteiger partial charge is 0.533 e. The molecule has 0 heterocycles. The molecule has 0 aromatic heterocycles. The summed E-state index contributed by atoms with van der Waals surface area (Å²) in [7, 11) is 1.36. The largest absolute Gasteiger partial charge is 4.00 e.